The lowest BCUT2D eigenvalue weighted by Gasteiger charge is -2.10. The minimum absolute atomic E-state index is 0.114. The molecule has 1 aromatic carbocycles. The van der Waals surface area contributed by atoms with Crippen LogP contribution in [0.5, 0.6) is 5.75 Å². The Labute approximate surface area is 113 Å². The van der Waals surface area contributed by atoms with E-state index in [0.717, 1.165) is 17.9 Å². The Kier molecular flexibility index (Phi) is 6.65. The van der Waals surface area contributed by atoms with E-state index in [-0.39, 0.29) is 11.9 Å². The van der Waals surface area contributed by atoms with Crippen LogP contribution >= 0.6 is 11.8 Å². The third-order valence-corrected chi connectivity index (χ3v) is 3.68. The molecule has 0 radical (unpaired) electrons. The predicted molar refractivity (Wildman–Crippen MR) is 77.1 cm³/mol. The lowest BCUT2D eigenvalue weighted by molar-refractivity contribution is -0.119. The molecule has 0 fully saturated rings. The van der Waals surface area contributed by atoms with E-state index >= 15 is 0 Å². The van der Waals surface area contributed by atoms with Gasteiger partial charge in [0.05, 0.1) is 12.9 Å². The molecular formula is C14H21NO2S. The van der Waals surface area contributed by atoms with Crippen LogP contribution in [0.25, 0.3) is 0 Å². The summed E-state index contributed by atoms with van der Waals surface area (Å²) in [5.74, 6) is 2.33. The second-order valence-electron chi connectivity index (χ2n) is 4.22. The predicted octanol–water partition coefficient (Wildman–Crippen LogP) is 2.84. The van der Waals surface area contributed by atoms with Crippen molar-refractivity contribution in [3.8, 4) is 5.75 Å². The van der Waals surface area contributed by atoms with Crippen LogP contribution in [-0.4, -0.2) is 24.8 Å². The van der Waals surface area contributed by atoms with Crippen LogP contribution in [0.4, 0.5) is 0 Å². The minimum atomic E-state index is 0.114. The van der Waals surface area contributed by atoms with Crippen molar-refractivity contribution in [3.63, 3.8) is 0 Å². The number of rotatable bonds is 7. The summed E-state index contributed by atoms with van der Waals surface area (Å²) in [6.07, 6.45) is 0.967. The Morgan fingerprint density at radius 1 is 1.39 bits per heavy atom. The van der Waals surface area contributed by atoms with E-state index < -0.39 is 0 Å². The van der Waals surface area contributed by atoms with Crippen LogP contribution in [0, 0.1) is 0 Å². The van der Waals surface area contributed by atoms with Crippen molar-refractivity contribution in [1.82, 2.24) is 5.32 Å². The van der Waals surface area contributed by atoms with Gasteiger partial charge in [0.2, 0.25) is 5.91 Å². The second kappa shape index (κ2) is 8.03. The molecule has 100 valence electrons. The van der Waals surface area contributed by atoms with E-state index in [9.17, 15) is 4.79 Å². The van der Waals surface area contributed by atoms with Crippen molar-refractivity contribution in [1.29, 1.82) is 0 Å². The molecule has 18 heavy (non-hydrogen) atoms. The molecule has 1 aromatic rings. The second-order valence-corrected chi connectivity index (χ2v) is 5.20. The van der Waals surface area contributed by atoms with Crippen molar-refractivity contribution in [2.24, 2.45) is 0 Å². The highest BCUT2D eigenvalue weighted by Gasteiger charge is 2.05. The van der Waals surface area contributed by atoms with E-state index in [1.807, 2.05) is 31.2 Å². The van der Waals surface area contributed by atoms with Crippen molar-refractivity contribution >= 4 is 17.7 Å². The first-order valence-corrected chi connectivity index (χ1v) is 7.31. The third-order valence-electron chi connectivity index (χ3n) is 2.68. The maximum absolute atomic E-state index is 11.6. The highest BCUT2D eigenvalue weighted by Crippen LogP contribution is 2.16. The topological polar surface area (TPSA) is 38.3 Å². The largest absolute Gasteiger partial charge is 0.497 e. The molecule has 4 heteroatoms. The zero-order valence-electron chi connectivity index (χ0n) is 11.2. The minimum Gasteiger partial charge on any atom is -0.497 e. The first-order chi connectivity index (χ1) is 8.65. The summed E-state index contributed by atoms with van der Waals surface area (Å²) in [6, 6.07) is 8.19. The first kappa shape index (κ1) is 14.9. The Balaban J connectivity index is 2.26. The summed E-state index contributed by atoms with van der Waals surface area (Å²) in [6.45, 7) is 4.08. The van der Waals surface area contributed by atoms with Crippen molar-refractivity contribution in [2.75, 3.05) is 12.9 Å². The number of benzene rings is 1. The number of ether oxygens (including phenoxy) is 1. The highest BCUT2D eigenvalue weighted by molar-refractivity contribution is 7.99. The summed E-state index contributed by atoms with van der Waals surface area (Å²) >= 11 is 1.63. The molecule has 1 unspecified atom stereocenters. The number of carbonyl (C=O) groups is 1. The first-order valence-electron chi connectivity index (χ1n) is 6.15. The molecular weight excluding hydrogens is 246 g/mol. The van der Waals surface area contributed by atoms with E-state index in [2.05, 4.69) is 12.2 Å². The van der Waals surface area contributed by atoms with Crippen LogP contribution in [0.2, 0.25) is 0 Å². The number of carbonyl (C=O) groups excluding carboxylic acids is 1. The maximum atomic E-state index is 11.6. The highest BCUT2D eigenvalue weighted by atomic mass is 32.2. The number of hydrogen-bond donors (Lipinski definition) is 1. The maximum Gasteiger partial charge on any atom is 0.230 e. The van der Waals surface area contributed by atoms with Gasteiger partial charge in [-0.2, -0.15) is 0 Å². The molecule has 0 saturated carbocycles. The average Bonchev–Trinajstić information content (AvgIpc) is 2.39. The molecule has 1 N–H and O–H groups in total. The van der Waals surface area contributed by atoms with Crippen LogP contribution in [-0.2, 0) is 10.5 Å². The average molecular weight is 267 g/mol. The molecule has 3 nitrogen and oxygen atoms in total. The van der Waals surface area contributed by atoms with Gasteiger partial charge in [0.25, 0.3) is 0 Å². The van der Waals surface area contributed by atoms with Gasteiger partial charge < -0.3 is 10.1 Å². The van der Waals surface area contributed by atoms with E-state index in [0.29, 0.717) is 5.75 Å². The number of amides is 1. The molecule has 0 heterocycles. The summed E-state index contributed by atoms with van der Waals surface area (Å²) in [7, 11) is 1.66. The Hall–Kier alpha value is -1.16. The molecule has 0 aromatic heterocycles. The summed E-state index contributed by atoms with van der Waals surface area (Å²) < 4.78 is 5.10. The fourth-order valence-electron chi connectivity index (χ4n) is 1.40. The van der Waals surface area contributed by atoms with Gasteiger partial charge in [0.1, 0.15) is 5.75 Å². The SMILES string of the molecule is CCC(C)NC(=O)CSCc1ccc(OC)cc1. The van der Waals surface area contributed by atoms with Crippen LogP contribution in [0.3, 0.4) is 0 Å². The van der Waals surface area contributed by atoms with E-state index in [4.69, 9.17) is 4.74 Å². The normalized spacial score (nSPS) is 11.9. The number of nitrogens with one attached hydrogen (secondary N) is 1. The Bertz CT molecular complexity index is 365. The van der Waals surface area contributed by atoms with Gasteiger partial charge in [0.15, 0.2) is 0 Å². The van der Waals surface area contributed by atoms with Crippen LogP contribution in [0.15, 0.2) is 24.3 Å². The summed E-state index contributed by atoms with van der Waals surface area (Å²) in [5.41, 5.74) is 1.21. The molecule has 0 aliphatic heterocycles. The van der Waals surface area contributed by atoms with Gasteiger partial charge >= 0.3 is 0 Å². The van der Waals surface area contributed by atoms with Gasteiger partial charge in [-0.3, -0.25) is 4.79 Å². The van der Waals surface area contributed by atoms with Gasteiger partial charge in [-0.1, -0.05) is 19.1 Å². The lowest BCUT2D eigenvalue weighted by Crippen LogP contribution is -2.33. The van der Waals surface area contributed by atoms with Gasteiger partial charge in [0, 0.05) is 11.8 Å². The summed E-state index contributed by atoms with van der Waals surface area (Å²) in [4.78, 5) is 11.6. The van der Waals surface area contributed by atoms with E-state index in [1.54, 1.807) is 18.9 Å². The van der Waals surface area contributed by atoms with Crippen molar-refractivity contribution in [2.45, 2.75) is 32.1 Å². The van der Waals surface area contributed by atoms with Crippen LogP contribution < -0.4 is 10.1 Å². The van der Waals surface area contributed by atoms with Gasteiger partial charge in [-0.05, 0) is 31.0 Å². The monoisotopic (exact) mass is 267 g/mol. The number of hydrogen-bond acceptors (Lipinski definition) is 3. The zero-order valence-corrected chi connectivity index (χ0v) is 12.0. The summed E-state index contributed by atoms with van der Waals surface area (Å²) in [5, 5.41) is 2.95. The van der Waals surface area contributed by atoms with Gasteiger partial charge in [-0.15, -0.1) is 11.8 Å². The molecule has 0 aliphatic carbocycles. The molecule has 1 rings (SSSR count). The standard InChI is InChI=1S/C14H21NO2S/c1-4-11(2)15-14(16)10-18-9-12-5-7-13(17-3)8-6-12/h5-8,11H,4,9-10H2,1-3H3,(H,15,16). The van der Waals surface area contributed by atoms with Crippen molar-refractivity contribution < 1.29 is 9.53 Å². The number of methoxy groups -OCH3 is 1. The third kappa shape index (κ3) is 5.45. The fraction of sp³-hybridized carbons (Fsp3) is 0.500. The molecule has 1 amide bonds. The molecule has 0 bridgehead atoms. The smallest absolute Gasteiger partial charge is 0.230 e. The lowest BCUT2D eigenvalue weighted by atomic mass is 10.2. The molecule has 0 spiro atoms. The van der Waals surface area contributed by atoms with Crippen molar-refractivity contribution in [3.05, 3.63) is 29.8 Å². The fourth-order valence-corrected chi connectivity index (χ4v) is 2.20. The molecule has 0 saturated heterocycles. The molecule has 1 atom stereocenters. The van der Waals surface area contributed by atoms with E-state index in [1.165, 1.54) is 5.56 Å². The molecule has 0 aliphatic rings. The van der Waals surface area contributed by atoms with Gasteiger partial charge in [-0.25, -0.2) is 0 Å². The Morgan fingerprint density at radius 2 is 2.06 bits per heavy atom. The quantitative estimate of drug-likeness (QED) is 0.825. The van der Waals surface area contributed by atoms with Crippen LogP contribution in [0.1, 0.15) is 25.8 Å². The number of thioether (sulfide) groups is 1. The zero-order chi connectivity index (χ0) is 13.4. The Morgan fingerprint density at radius 3 is 2.61 bits per heavy atom.